The van der Waals surface area contributed by atoms with E-state index in [4.69, 9.17) is 5.73 Å². The van der Waals surface area contributed by atoms with Gasteiger partial charge in [-0.05, 0) is 49.2 Å². The lowest BCUT2D eigenvalue weighted by Gasteiger charge is -2.07. The van der Waals surface area contributed by atoms with Crippen LogP contribution in [0.5, 0.6) is 0 Å². The molecule has 6 heteroatoms. The van der Waals surface area contributed by atoms with E-state index < -0.39 is 0 Å². The molecule has 0 bridgehead atoms. The third-order valence-corrected chi connectivity index (χ3v) is 4.90. The Labute approximate surface area is 191 Å². The lowest BCUT2D eigenvalue weighted by Crippen LogP contribution is -2.20. The van der Waals surface area contributed by atoms with Crippen LogP contribution in [0.2, 0.25) is 0 Å². The van der Waals surface area contributed by atoms with Gasteiger partial charge in [0.1, 0.15) is 0 Å². The largest absolute Gasteiger partial charge is 0.375 e. The second-order valence-corrected chi connectivity index (χ2v) is 7.22. The van der Waals surface area contributed by atoms with Gasteiger partial charge < -0.3 is 16.4 Å². The normalized spacial score (nSPS) is 9.68. The van der Waals surface area contributed by atoms with Crippen LogP contribution in [0.25, 0.3) is 0 Å². The van der Waals surface area contributed by atoms with E-state index >= 15 is 0 Å². The highest BCUT2D eigenvalue weighted by molar-refractivity contribution is 7.13. The monoisotopic (exact) mass is 440 g/mol. The number of hydrogen-bond acceptors (Lipinski definition) is 5. The maximum atomic E-state index is 12.0. The molecule has 0 saturated carbocycles. The summed E-state index contributed by atoms with van der Waals surface area (Å²) in [5, 5.41) is 8.66. The number of carbonyl (C=O) groups excluding carboxylic acids is 1. The minimum absolute atomic E-state index is 0.0874. The number of nitrogen functional groups attached to an aromatic ring is 1. The van der Waals surface area contributed by atoms with Crippen LogP contribution >= 0.6 is 11.3 Å². The standard InChI is InChI=1S/C21H24N4OS.2C2H6/c22-21-25-19(15-27-21)14-20(26)24-18-8-6-17(7-9-18)11-13-23-12-10-16-4-2-1-3-5-16;2*1-2/h1-9,15,23H,10-14H2,(H2,22,25)(H,24,26);2*1-2H3. The molecule has 1 heterocycles. The predicted molar refractivity (Wildman–Crippen MR) is 135 cm³/mol. The second-order valence-electron chi connectivity index (χ2n) is 6.33. The van der Waals surface area contributed by atoms with Crippen LogP contribution in [0.4, 0.5) is 10.8 Å². The summed E-state index contributed by atoms with van der Waals surface area (Å²) >= 11 is 1.35. The molecular weight excluding hydrogens is 404 g/mol. The van der Waals surface area contributed by atoms with Gasteiger partial charge in [-0.3, -0.25) is 4.79 Å². The Morgan fingerprint density at radius 1 is 0.903 bits per heavy atom. The van der Waals surface area contributed by atoms with E-state index in [1.54, 1.807) is 0 Å². The van der Waals surface area contributed by atoms with Crippen molar-refractivity contribution in [3.05, 3.63) is 76.8 Å². The molecule has 168 valence electrons. The van der Waals surface area contributed by atoms with E-state index in [-0.39, 0.29) is 12.3 Å². The number of benzene rings is 2. The van der Waals surface area contributed by atoms with Crippen LogP contribution < -0.4 is 16.4 Å². The first kappa shape index (κ1) is 26.3. The summed E-state index contributed by atoms with van der Waals surface area (Å²) in [5.74, 6) is -0.0874. The smallest absolute Gasteiger partial charge is 0.230 e. The number of nitrogens with one attached hydrogen (secondary N) is 2. The Balaban J connectivity index is 0.00000113. The zero-order chi connectivity index (χ0) is 22.9. The van der Waals surface area contributed by atoms with Crippen molar-refractivity contribution in [2.24, 2.45) is 0 Å². The van der Waals surface area contributed by atoms with Crippen LogP contribution in [0, 0.1) is 0 Å². The number of nitrogens with two attached hydrogens (primary N) is 1. The fourth-order valence-electron chi connectivity index (χ4n) is 2.76. The average Bonchev–Trinajstić information content (AvgIpc) is 3.22. The quantitative estimate of drug-likeness (QED) is 0.393. The lowest BCUT2D eigenvalue weighted by atomic mass is 10.1. The van der Waals surface area contributed by atoms with Crippen LogP contribution in [0.3, 0.4) is 0 Å². The molecule has 1 amide bonds. The van der Waals surface area contributed by atoms with E-state index in [9.17, 15) is 4.79 Å². The molecule has 0 aliphatic carbocycles. The molecule has 0 unspecified atom stereocenters. The van der Waals surface area contributed by atoms with E-state index in [2.05, 4.69) is 52.0 Å². The van der Waals surface area contributed by atoms with Crippen molar-refractivity contribution < 1.29 is 4.79 Å². The molecule has 0 aliphatic heterocycles. The zero-order valence-electron chi connectivity index (χ0n) is 19.2. The molecular formula is C25H36N4OS. The van der Waals surface area contributed by atoms with Gasteiger partial charge in [0.25, 0.3) is 0 Å². The molecule has 3 rings (SSSR count). The number of aromatic nitrogens is 1. The number of thiazole rings is 1. The van der Waals surface area contributed by atoms with Gasteiger partial charge in [0.2, 0.25) is 5.91 Å². The third-order valence-electron chi connectivity index (χ3n) is 4.17. The van der Waals surface area contributed by atoms with E-state index in [1.165, 1.54) is 22.5 Å². The molecule has 2 aromatic carbocycles. The molecule has 31 heavy (non-hydrogen) atoms. The van der Waals surface area contributed by atoms with Gasteiger partial charge in [0.05, 0.1) is 12.1 Å². The highest BCUT2D eigenvalue weighted by Crippen LogP contribution is 2.13. The number of amides is 1. The molecule has 0 aliphatic rings. The molecule has 0 fully saturated rings. The van der Waals surface area contributed by atoms with Crippen LogP contribution in [-0.4, -0.2) is 24.0 Å². The fourth-order valence-corrected chi connectivity index (χ4v) is 3.33. The van der Waals surface area contributed by atoms with Gasteiger partial charge in [0, 0.05) is 11.1 Å². The molecule has 0 saturated heterocycles. The Kier molecular flexibility index (Phi) is 13.6. The van der Waals surface area contributed by atoms with Crippen LogP contribution in [-0.2, 0) is 24.1 Å². The molecule has 0 spiro atoms. The van der Waals surface area contributed by atoms with Crippen molar-refractivity contribution in [3.63, 3.8) is 0 Å². The van der Waals surface area contributed by atoms with Crippen LogP contribution in [0.1, 0.15) is 44.5 Å². The fraction of sp³-hybridized carbons (Fsp3) is 0.360. The van der Waals surface area contributed by atoms with E-state index in [0.717, 1.165) is 31.6 Å². The molecule has 3 aromatic rings. The highest BCUT2D eigenvalue weighted by atomic mass is 32.1. The molecule has 0 radical (unpaired) electrons. The summed E-state index contributed by atoms with van der Waals surface area (Å²) in [5.41, 5.74) is 9.68. The molecule has 5 nitrogen and oxygen atoms in total. The van der Waals surface area contributed by atoms with Crippen molar-refractivity contribution in [2.75, 3.05) is 24.1 Å². The predicted octanol–water partition coefficient (Wildman–Crippen LogP) is 5.33. The van der Waals surface area contributed by atoms with Crippen molar-refractivity contribution in [2.45, 2.75) is 47.0 Å². The maximum absolute atomic E-state index is 12.0. The maximum Gasteiger partial charge on any atom is 0.230 e. The SMILES string of the molecule is CC.CC.Nc1nc(CC(=O)Nc2ccc(CCNCCc3ccccc3)cc2)cs1. The van der Waals surface area contributed by atoms with Crippen LogP contribution in [0.15, 0.2) is 60.0 Å². The first-order valence-electron chi connectivity index (χ1n) is 11.0. The number of nitrogens with zero attached hydrogens (tertiary/aromatic N) is 1. The summed E-state index contributed by atoms with van der Waals surface area (Å²) in [6, 6.07) is 18.5. The van der Waals surface area contributed by atoms with Crippen molar-refractivity contribution in [3.8, 4) is 0 Å². The Morgan fingerprint density at radius 2 is 1.48 bits per heavy atom. The minimum Gasteiger partial charge on any atom is -0.375 e. The van der Waals surface area contributed by atoms with Crippen molar-refractivity contribution >= 4 is 28.1 Å². The van der Waals surface area contributed by atoms with Gasteiger partial charge in [-0.1, -0.05) is 70.2 Å². The highest BCUT2D eigenvalue weighted by Gasteiger charge is 2.07. The molecule has 1 aromatic heterocycles. The van der Waals surface area contributed by atoms with Gasteiger partial charge in [-0.15, -0.1) is 11.3 Å². The Bertz CT molecular complexity index is 847. The Morgan fingerprint density at radius 3 is 2.03 bits per heavy atom. The summed E-state index contributed by atoms with van der Waals surface area (Å²) in [6.45, 7) is 9.91. The van der Waals surface area contributed by atoms with Gasteiger partial charge >= 0.3 is 0 Å². The lowest BCUT2D eigenvalue weighted by molar-refractivity contribution is -0.115. The summed E-state index contributed by atoms with van der Waals surface area (Å²) in [6.07, 6.45) is 2.23. The number of hydrogen-bond donors (Lipinski definition) is 3. The first-order valence-corrected chi connectivity index (χ1v) is 11.9. The summed E-state index contributed by atoms with van der Waals surface area (Å²) in [7, 11) is 0. The second kappa shape index (κ2) is 16.1. The zero-order valence-corrected chi connectivity index (χ0v) is 20.0. The third kappa shape index (κ3) is 10.8. The van der Waals surface area contributed by atoms with Crippen molar-refractivity contribution in [1.29, 1.82) is 0 Å². The number of anilines is 2. The Hall–Kier alpha value is -2.70. The van der Waals surface area contributed by atoms with Crippen molar-refractivity contribution in [1.82, 2.24) is 10.3 Å². The number of rotatable bonds is 9. The summed E-state index contributed by atoms with van der Waals surface area (Å²) in [4.78, 5) is 16.1. The van der Waals surface area contributed by atoms with E-state index in [1.807, 2.05) is 51.3 Å². The van der Waals surface area contributed by atoms with E-state index in [0.29, 0.717) is 10.8 Å². The first-order chi connectivity index (χ1) is 15.2. The minimum atomic E-state index is -0.0874. The summed E-state index contributed by atoms with van der Waals surface area (Å²) < 4.78 is 0. The van der Waals surface area contributed by atoms with Gasteiger partial charge in [0.15, 0.2) is 5.13 Å². The molecule has 4 N–H and O–H groups in total. The topological polar surface area (TPSA) is 80.0 Å². The van der Waals surface area contributed by atoms with Gasteiger partial charge in [-0.25, -0.2) is 4.98 Å². The average molecular weight is 441 g/mol. The number of carbonyl (C=O) groups is 1. The molecule has 0 atom stereocenters. The van der Waals surface area contributed by atoms with Gasteiger partial charge in [-0.2, -0.15) is 0 Å².